The second-order valence-electron chi connectivity index (χ2n) is 6.96. The molecule has 2 heterocycles. The third-order valence-corrected chi connectivity index (χ3v) is 5.03. The van der Waals surface area contributed by atoms with Crippen molar-refractivity contribution in [1.29, 1.82) is 0 Å². The van der Waals surface area contributed by atoms with Gasteiger partial charge in [-0.1, -0.05) is 13.3 Å². The minimum atomic E-state index is 0.804. The van der Waals surface area contributed by atoms with Crippen LogP contribution in [0, 0.1) is 13.8 Å². The van der Waals surface area contributed by atoms with Gasteiger partial charge in [0.25, 0.3) is 0 Å². The van der Waals surface area contributed by atoms with E-state index in [1.807, 2.05) is 13.0 Å². The number of hydrogen-bond donors (Lipinski definition) is 1. The highest BCUT2D eigenvalue weighted by atomic mass is 16.5. The molecule has 0 saturated heterocycles. The third kappa shape index (κ3) is 3.94. The lowest BCUT2D eigenvalue weighted by atomic mass is 10.1. The Bertz CT molecular complexity index is 792. The summed E-state index contributed by atoms with van der Waals surface area (Å²) >= 11 is 0. The van der Waals surface area contributed by atoms with E-state index in [0.717, 1.165) is 61.5 Å². The fourth-order valence-electron chi connectivity index (χ4n) is 3.58. The maximum atomic E-state index is 5.37. The number of hydrogen-bond acceptors (Lipinski definition) is 6. The van der Waals surface area contributed by atoms with Crippen molar-refractivity contribution in [3.63, 3.8) is 0 Å². The van der Waals surface area contributed by atoms with Crippen molar-refractivity contribution in [2.45, 2.75) is 40.5 Å². The number of nitrogens with one attached hydrogen (secondary N) is 1. The van der Waals surface area contributed by atoms with Crippen LogP contribution in [-0.2, 0) is 0 Å². The van der Waals surface area contributed by atoms with Gasteiger partial charge in [-0.3, -0.25) is 0 Å². The van der Waals surface area contributed by atoms with Crippen LogP contribution in [0.25, 0.3) is 0 Å². The number of nitrogens with zero attached hydrogens (tertiary/aromatic N) is 4. The van der Waals surface area contributed by atoms with Crippen LogP contribution in [0.5, 0.6) is 5.75 Å². The number of methoxy groups -OCH3 is 1. The van der Waals surface area contributed by atoms with Crippen LogP contribution >= 0.6 is 0 Å². The number of aryl methyl sites for hydroxylation is 2. The average molecular weight is 370 g/mol. The van der Waals surface area contributed by atoms with Crippen LogP contribution in [-0.4, -0.2) is 43.3 Å². The summed E-state index contributed by atoms with van der Waals surface area (Å²) in [5.41, 5.74) is 3.39. The first-order valence-corrected chi connectivity index (χ1v) is 9.88. The lowest BCUT2D eigenvalue weighted by Gasteiger charge is -2.35. The number of anilines is 4. The van der Waals surface area contributed by atoms with Gasteiger partial charge in [0, 0.05) is 31.9 Å². The van der Waals surface area contributed by atoms with Gasteiger partial charge in [-0.2, -0.15) is 0 Å². The minimum Gasteiger partial charge on any atom is -0.497 e. The fraction of sp³-hybridized carbons (Fsp3) is 0.524. The first-order chi connectivity index (χ1) is 13.1. The molecule has 1 N–H and O–H groups in total. The van der Waals surface area contributed by atoms with Gasteiger partial charge in [0.15, 0.2) is 11.6 Å². The van der Waals surface area contributed by atoms with Crippen molar-refractivity contribution in [1.82, 2.24) is 9.97 Å². The molecule has 0 fully saturated rings. The predicted octanol–water partition coefficient (Wildman–Crippen LogP) is 4.29. The van der Waals surface area contributed by atoms with Crippen molar-refractivity contribution < 1.29 is 4.74 Å². The zero-order chi connectivity index (χ0) is 19.4. The Morgan fingerprint density at radius 3 is 2.70 bits per heavy atom. The van der Waals surface area contributed by atoms with Gasteiger partial charge in [0.2, 0.25) is 0 Å². The molecule has 0 aliphatic carbocycles. The zero-order valence-corrected chi connectivity index (χ0v) is 17.2. The summed E-state index contributed by atoms with van der Waals surface area (Å²) < 4.78 is 5.37. The molecule has 0 bridgehead atoms. The molecule has 3 rings (SSSR count). The smallest absolute Gasteiger partial charge is 0.162 e. The quantitative estimate of drug-likeness (QED) is 0.786. The van der Waals surface area contributed by atoms with Crippen molar-refractivity contribution in [2.75, 3.05) is 48.4 Å². The summed E-state index contributed by atoms with van der Waals surface area (Å²) in [6.07, 6.45) is 2.33. The van der Waals surface area contributed by atoms with E-state index >= 15 is 0 Å². The van der Waals surface area contributed by atoms with Crippen molar-refractivity contribution in [2.24, 2.45) is 0 Å². The molecule has 0 radical (unpaired) electrons. The minimum absolute atomic E-state index is 0.804. The topological polar surface area (TPSA) is 53.5 Å². The fourth-order valence-corrected chi connectivity index (χ4v) is 3.58. The van der Waals surface area contributed by atoms with Crippen LogP contribution in [0.4, 0.5) is 23.0 Å². The van der Waals surface area contributed by atoms with Gasteiger partial charge in [0.05, 0.1) is 7.11 Å². The first-order valence-electron chi connectivity index (χ1n) is 9.88. The normalized spacial score (nSPS) is 13.1. The standard InChI is InChI=1S/C21H31N5O/c1-6-8-12-25(7-2)20-19-21(24-16(4)23-20)26(13-11-22-19)18-10-9-17(27-5)14-15(18)3/h9-10,14,22H,6-8,11-13H2,1-5H3. The molecule has 6 nitrogen and oxygen atoms in total. The highest BCUT2D eigenvalue weighted by Crippen LogP contribution is 2.40. The van der Waals surface area contributed by atoms with Crippen LogP contribution in [0.15, 0.2) is 18.2 Å². The van der Waals surface area contributed by atoms with Gasteiger partial charge in [-0.05, 0) is 51.0 Å². The summed E-state index contributed by atoms with van der Waals surface area (Å²) in [5.74, 6) is 3.66. The Hall–Kier alpha value is -2.50. The zero-order valence-electron chi connectivity index (χ0n) is 17.2. The van der Waals surface area contributed by atoms with Gasteiger partial charge in [-0.25, -0.2) is 9.97 Å². The Morgan fingerprint density at radius 1 is 1.22 bits per heavy atom. The Labute approximate surface area is 162 Å². The SMILES string of the molecule is CCCCN(CC)c1nc(C)nc2c1NCCN2c1ccc(OC)cc1C. The Kier molecular flexibility index (Phi) is 6.04. The van der Waals surface area contributed by atoms with Gasteiger partial charge >= 0.3 is 0 Å². The van der Waals surface area contributed by atoms with Crippen molar-refractivity contribution >= 4 is 23.0 Å². The van der Waals surface area contributed by atoms with Gasteiger partial charge in [-0.15, -0.1) is 0 Å². The first kappa shape index (κ1) is 19.3. The molecule has 2 aromatic rings. The molecule has 1 aromatic heterocycles. The van der Waals surface area contributed by atoms with E-state index < -0.39 is 0 Å². The average Bonchev–Trinajstić information content (AvgIpc) is 2.68. The van der Waals surface area contributed by atoms with Crippen molar-refractivity contribution in [3.8, 4) is 5.75 Å². The van der Waals surface area contributed by atoms with Crippen LogP contribution in [0.3, 0.4) is 0 Å². The number of aromatic nitrogens is 2. The van der Waals surface area contributed by atoms with E-state index in [1.165, 1.54) is 17.7 Å². The van der Waals surface area contributed by atoms with Crippen LogP contribution in [0.1, 0.15) is 38.1 Å². The largest absolute Gasteiger partial charge is 0.497 e. The molecule has 146 valence electrons. The molecule has 1 aliphatic rings. The van der Waals surface area contributed by atoms with E-state index in [9.17, 15) is 0 Å². The Balaban J connectivity index is 2.05. The molecular formula is C21H31N5O. The number of rotatable bonds is 7. The summed E-state index contributed by atoms with van der Waals surface area (Å²) in [6.45, 7) is 12.2. The highest BCUT2D eigenvalue weighted by molar-refractivity contribution is 5.84. The summed E-state index contributed by atoms with van der Waals surface area (Å²) in [6, 6.07) is 6.21. The molecule has 0 amide bonds. The van der Waals surface area contributed by atoms with Crippen LogP contribution in [0.2, 0.25) is 0 Å². The molecule has 1 aromatic carbocycles. The molecular weight excluding hydrogens is 338 g/mol. The third-order valence-electron chi connectivity index (χ3n) is 5.03. The van der Waals surface area contributed by atoms with E-state index in [2.05, 4.69) is 48.0 Å². The number of benzene rings is 1. The molecule has 1 aliphatic heterocycles. The predicted molar refractivity (Wildman–Crippen MR) is 113 cm³/mol. The lowest BCUT2D eigenvalue weighted by molar-refractivity contribution is 0.414. The van der Waals surface area contributed by atoms with Crippen molar-refractivity contribution in [3.05, 3.63) is 29.6 Å². The number of unbranched alkanes of at least 4 members (excludes halogenated alkanes) is 1. The van der Waals surface area contributed by atoms with E-state index in [1.54, 1.807) is 7.11 Å². The maximum absolute atomic E-state index is 5.37. The molecule has 0 atom stereocenters. The summed E-state index contributed by atoms with van der Waals surface area (Å²) in [7, 11) is 1.70. The summed E-state index contributed by atoms with van der Waals surface area (Å²) in [5, 5.41) is 3.56. The molecule has 6 heteroatoms. The second-order valence-corrected chi connectivity index (χ2v) is 6.96. The Morgan fingerprint density at radius 2 is 2.04 bits per heavy atom. The maximum Gasteiger partial charge on any atom is 0.162 e. The van der Waals surface area contributed by atoms with Gasteiger partial charge < -0.3 is 19.9 Å². The number of ether oxygens (including phenoxy) is 1. The van der Waals surface area contributed by atoms with E-state index in [0.29, 0.717) is 0 Å². The molecule has 0 spiro atoms. The van der Waals surface area contributed by atoms with E-state index in [-0.39, 0.29) is 0 Å². The van der Waals surface area contributed by atoms with Crippen LogP contribution < -0.4 is 19.9 Å². The van der Waals surface area contributed by atoms with Gasteiger partial charge in [0.1, 0.15) is 17.3 Å². The highest BCUT2D eigenvalue weighted by Gasteiger charge is 2.26. The molecule has 0 unspecified atom stereocenters. The second kappa shape index (κ2) is 8.46. The summed E-state index contributed by atoms with van der Waals surface area (Å²) in [4.78, 5) is 14.3. The molecule has 0 saturated carbocycles. The monoisotopic (exact) mass is 369 g/mol. The van der Waals surface area contributed by atoms with E-state index in [4.69, 9.17) is 14.7 Å². The lowest BCUT2D eigenvalue weighted by Crippen LogP contribution is -2.34. The molecule has 27 heavy (non-hydrogen) atoms. The number of fused-ring (bicyclic) bond motifs is 1.